The van der Waals surface area contributed by atoms with Gasteiger partial charge in [0.05, 0.1) is 12.1 Å². The van der Waals surface area contributed by atoms with Crippen LogP contribution in [0.2, 0.25) is 0 Å². The molecule has 0 saturated carbocycles. The Morgan fingerprint density at radius 2 is 1.81 bits per heavy atom. The van der Waals surface area contributed by atoms with Crippen LogP contribution in [-0.2, 0) is 16.1 Å². The molecule has 1 aliphatic heterocycles. The van der Waals surface area contributed by atoms with Gasteiger partial charge in [-0.15, -0.1) is 0 Å². The zero-order valence-electron chi connectivity index (χ0n) is 14.5. The van der Waals surface area contributed by atoms with Crippen molar-refractivity contribution in [3.05, 3.63) is 45.2 Å². The maximum absolute atomic E-state index is 12.6. The molecule has 0 spiro atoms. The molecule has 0 radical (unpaired) electrons. The molecular weight excluding hydrogens is 402 g/mol. The summed E-state index contributed by atoms with van der Waals surface area (Å²) >= 11 is 3.37. The number of halogens is 1. The van der Waals surface area contributed by atoms with Crippen LogP contribution in [0.25, 0.3) is 10.9 Å². The second-order valence-electron chi connectivity index (χ2n) is 6.04. The molecule has 2 aromatic rings. The number of carbonyl (C=O) groups is 2. The number of piperazine rings is 1. The first kappa shape index (κ1) is 18.4. The fourth-order valence-electron chi connectivity index (χ4n) is 3.02. The Kier molecular flexibility index (Phi) is 5.61. The summed E-state index contributed by atoms with van der Waals surface area (Å²) in [6.07, 6.45) is 1.31. The lowest BCUT2D eigenvalue weighted by molar-refractivity contribution is -0.133. The van der Waals surface area contributed by atoms with Gasteiger partial charge >= 0.3 is 6.09 Å². The van der Waals surface area contributed by atoms with E-state index in [-0.39, 0.29) is 24.0 Å². The average Bonchev–Trinajstić information content (AvgIpc) is 2.64. The third-order valence-electron chi connectivity index (χ3n) is 4.40. The summed E-state index contributed by atoms with van der Waals surface area (Å²) in [7, 11) is 0. The van der Waals surface area contributed by atoms with E-state index in [2.05, 4.69) is 15.9 Å². The lowest BCUT2D eigenvalue weighted by Crippen LogP contribution is -2.51. The van der Waals surface area contributed by atoms with Crippen LogP contribution in [0.3, 0.4) is 0 Å². The highest BCUT2D eigenvalue weighted by atomic mass is 79.9. The van der Waals surface area contributed by atoms with Gasteiger partial charge < -0.3 is 19.1 Å². The van der Waals surface area contributed by atoms with Crippen molar-refractivity contribution in [2.45, 2.75) is 13.5 Å². The molecule has 1 fully saturated rings. The molecular formula is C18H20BrN3O4. The molecule has 0 unspecified atom stereocenters. The van der Waals surface area contributed by atoms with E-state index in [1.54, 1.807) is 33.6 Å². The number of hydrogen-bond acceptors (Lipinski definition) is 4. The second-order valence-corrected chi connectivity index (χ2v) is 6.95. The highest BCUT2D eigenvalue weighted by Gasteiger charge is 2.25. The average molecular weight is 422 g/mol. The molecule has 0 N–H and O–H groups in total. The highest BCUT2D eigenvalue weighted by Crippen LogP contribution is 2.17. The molecule has 0 bridgehead atoms. The van der Waals surface area contributed by atoms with Crippen LogP contribution in [0.15, 0.2) is 39.7 Å². The van der Waals surface area contributed by atoms with Gasteiger partial charge in [0.15, 0.2) is 5.43 Å². The summed E-state index contributed by atoms with van der Waals surface area (Å²) < 4.78 is 7.59. The van der Waals surface area contributed by atoms with E-state index in [0.29, 0.717) is 38.2 Å². The molecule has 1 aliphatic rings. The Labute approximate surface area is 159 Å². The molecule has 1 aromatic carbocycles. The van der Waals surface area contributed by atoms with Gasteiger partial charge in [-0.3, -0.25) is 9.59 Å². The van der Waals surface area contributed by atoms with Crippen molar-refractivity contribution < 1.29 is 14.3 Å². The Morgan fingerprint density at radius 1 is 1.12 bits per heavy atom. The molecule has 2 amide bonds. The van der Waals surface area contributed by atoms with Crippen LogP contribution in [0.4, 0.5) is 4.79 Å². The molecule has 1 saturated heterocycles. The Bertz CT molecular complexity index is 888. The van der Waals surface area contributed by atoms with Crippen molar-refractivity contribution in [3.63, 3.8) is 0 Å². The van der Waals surface area contributed by atoms with E-state index in [4.69, 9.17) is 4.74 Å². The maximum Gasteiger partial charge on any atom is 0.409 e. The van der Waals surface area contributed by atoms with Gasteiger partial charge in [-0.2, -0.15) is 0 Å². The molecule has 2 heterocycles. The van der Waals surface area contributed by atoms with Crippen LogP contribution in [0.5, 0.6) is 0 Å². The molecule has 0 atom stereocenters. The molecule has 1 aromatic heterocycles. The summed E-state index contributed by atoms with van der Waals surface area (Å²) in [5.41, 5.74) is 0.646. The SMILES string of the molecule is CCOC(=O)N1CCN(C(=O)Cn2ccc(=O)c3cc(Br)ccc32)CC1. The predicted molar refractivity (Wildman–Crippen MR) is 101 cm³/mol. The number of hydrogen-bond donors (Lipinski definition) is 0. The zero-order valence-corrected chi connectivity index (χ0v) is 16.1. The number of nitrogens with zero attached hydrogens (tertiary/aromatic N) is 3. The van der Waals surface area contributed by atoms with E-state index in [1.807, 2.05) is 12.1 Å². The maximum atomic E-state index is 12.6. The molecule has 7 nitrogen and oxygen atoms in total. The van der Waals surface area contributed by atoms with Crippen molar-refractivity contribution >= 4 is 38.8 Å². The van der Waals surface area contributed by atoms with Crippen molar-refractivity contribution in [2.75, 3.05) is 32.8 Å². The van der Waals surface area contributed by atoms with Gasteiger partial charge in [0.1, 0.15) is 6.54 Å². The fraction of sp³-hybridized carbons (Fsp3) is 0.389. The van der Waals surface area contributed by atoms with E-state index in [0.717, 1.165) is 9.99 Å². The third-order valence-corrected chi connectivity index (χ3v) is 4.90. The van der Waals surface area contributed by atoms with Crippen LogP contribution < -0.4 is 5.43 Å². The number of benzene rings is 1. The number of rotatable bonds is 3. The molecule has 26 heavy (non-hydrogen) atoms. The van der Waals surface area contributed by atoms with Gasteiger partial charge in [-0.1, -0.05) is 15.9 Å². The second kappa shape index (κ2) is 7.90. The minimum Gasteiger partial charge on any atom is -0.450 e. The number of aromatic nitrogens is 1. The van der Waals surface area contributed by atoms with Gasteiger partial charge in [-0.05, 0) is 25.1 Å². The zero-order chi connectivity index (χ0) is 18.7. The number of fused-ring (bicyclic) bond motifs is 1. The molecule has 8 heteroatoms. The normalized spacial score (nSPS) is 14.5. The van der Waals surface area contributed by atoms with Crippen LogP contribution in [0, 0.1) is 0 Å². The van der Waals surface area contributed by atoms with E-state index in [1.165, 1.54) is 6.07 Å². The molecule has 0 aliphatic carbocycles. The number of amides is 2. The monoisotopic (exact) mass is 421 g/mol. The summed E-state index contributed by atoms with van der Waals surface area (Å²) in [6.45, 7) is 4.13. The predicted octanol–water partition coefficient (Wildman–Crippen LogP) is 2.06. The lowest BCUT2D eigenvalue weighted by atomic mass is 10.2. The Hall–Kier alpha value is -2.35. The minimum absolute atomic E-state index is 0.0404. The molecule has 138 valence electrons. The van der Waals surface area contributed by atoms with E-state index in [9.17, 15) is 14.4 Å². The first-order chi connectivity index (χ1) is 12.5. The van der Waals surface area contributed by atoms with Crippen molar-refractivity contribution in [3.8, 4) is 0 Å². The summed E-state index contributed by atoms with van der Waals surface area (Å²) in [5.74, 6) is -0.0404. The fourth-order valence-corrected chi connectivity index (χ4v) is 3.38. The Morgan fingerprint density at radius 3 is 2.50 bits per heavy atom. The number of ether oxygens (including phenoxy) is 1. The number of pyridine rings is 1. The quantitative estimate of drug-likeness (QED) is 0.760. The smallest absolute Gasteiger partial charge is 0.409 e. The third kappa shape index (κ3) is 3.90. The van der Waals surface area contributed by atoms with Gasteiger partial charge in [0.25, 0.3) is 0 Å². The van der Waals surface area contributed by atoms with Gasteiger partial charge in [0.2, 0.25) is 5.91 Å². The standard InChI is InChI=1S/C18H20BrN3O4/c1-2-26-18(25)21-9-7-20(8-10-21)17(24)12-22-6-5-16(23)14-11-13(19)3-4-15(14)22/h3-6,11H,2,7-10,12H2,1H3. The minimum atomic E-state index is -0.337. The summed E-state index contributed by atoms with van der Waals surface area (Å²) in [5, 5.41) is 0.571. The highest BCUT2D eigenvalue weighted by molar-refractivity contribution is 9.10. The first-order valence-electron chi connectivity index (χ1n) is 8.48. The summed E-state index contributed by atoms with van der Waals surface area (Å²) in [6, 6.07) is 6.91. The lowest BCUT2D eigenvalue weighted by Gasteiger charge is -2.34. The summed E-state index contributed by atoms with van der Waals surface area (Å²) in [4.78, 5) is 39.8. The largest absolute Gasteiger partial charge is 0.450 e. The van der Waals surface area contributed by atoms with Crippen molar-refractivity contribution in [1.29, 1.82) is 0 Å². The van der Waals surface area contributed by atoms with Crippen molar-refractivity contribution in [1.82, 2.24) is 14.4 Å². The van der Waals surface area contributed by atoms with E-state index < -0.39 is 0 Å². The van der Waals surface area contributed by atoms with E-state index >= 15 is 0 Å². The van der Waals surface area contributed by atoms with Gasteiger partial charge in [0, 0.05) is 48.3 Å². The van der Waals surface area contributed by atoms with Crippen molar-refractivity contribution in [2.24, 2.45) is 0 Å². The van der Waals surface area contributed by atoms with Crippen LogP contribution in [-0.4, -0.2) is 59.2 Å². The van der Waals surface area contributed by atoms with Crippen LogP contribution in [0.1, 0.15) is 6.92 Å². The Balaban J connectivity index is 1.70. The van der Waals surface area contributed by atoms with Crippen LogP contribution >= 0.6 is 15.9 Å². The number of carbonyl (C=O) groups excluding carboxylic acids is 2. The topological polar surface area (TPSA) is 71.8 Å². The first-order valence-corrected chi connectivity index (χ1v) is 9.27. The van der Waals surface area contributed by atoms with Gasteiger partial charge in [-0.25, -0.2) is 4.79 Å². The molecule has 3 rings (SSSR count).